The van der Waals surface area contributed by atoms with Crippen LogP contribution in [-0.2, 0) is 14.3 Å². The van der Waals surface area contributed by atoms with Crippen molar-refractivity contribution in [3.63, 3.8) is 0 Å². The summed E-state index contributed by atoms with van der Waals surface area (Å²) >= 11 is 0. The number of ether oxygens (including phenoxy) is 1. The molecule has 2 N–H and O–H groups in total. The average molecular weight is 420 g/mol. The fourth-order valence-corrected chi connectivity index (χ4v) is 3.29. The van der Waals surface area contributed by atoms with Crippen LogP contribution in [-0.4, -0.2) is 55.0 Å². The highest BCUT2D eigenvalue weighted by atomic mass is 16.6. The summed E-state index contributed by atoms with van der Waals surface area (Å²) in [4.78, 5) is 48.5. The first-order valence-corrected chi connectivity index (χ1v) is 9.94. The van der Waals surface area contributed by atoms with Crippen LogP contribution < -0.4 is 15.5 Å². The van der Waals surface area contributed by atoms with E-state index >= 15 is 0 Å². The second-order valence-electron chi connectivity index (χ2n) is 7.73. The van der Waals surface area contributed by atoms with Crippen LogP contribution in [0.3, 0.4) is 0 Å². The summed E-state index contributed by atoms with van der Waals surface area (Å²) in [5.41, 5.74) is 0.284. The predicted octanol–water partition coefficient (Wildman–Crippen LogP) is 1.63. The van der Waals surface area contributed by atoms with Crippen molar-refractivity contribution in [1.29, 1.82) is 0 Å². The molecular formula is C20H28N4O6. The van der Waals surface area contributed by atoms with Crippen LogP contribution in [0.25, 0.3) is 0 Å². The highest BCUT2D eigenvalue weighted by Crippen LogP contribution is 2.32. The van der Waals surface area contributed by atoms with Crippen LogP contribution in [0.5, 0.6) is 0 Å². The summed E-state index contributed by atoms with van der Waals surface area (Å²) in [6.07, 6.45) is 2.03. The number of amides is 2. The van der Waals surface area contributed by atoms with Crippen molar-refractivity contribution in [2.45, 2.75) is 39.7 Å². The number of benzene rings is 1. The first-order chi connectivity index (χ1) is 14.2. The van der Waals surface area contributed by atoms with Gasteiger partial charge in [0.25, 0.3) is 11.6 Å². The Morgan fingerprint density at radius 3 is 2.67 bits per heavy atom. The fraction of sp³-hybridized carbons (Fsp3) is 0.550. The van der Waals surface area contributed by atoms with Gasteiger partial charge in [0.05, 0.1) is 17.0 Å². The number of hydrogen-bond donors (Lipinski definition) is 2. The number of esters is 1. The van der Waals surface area contributed by atoms with E-state index in [1.165, 1.54) is 12.1 Å². The number of hydrogen-bond acceptors (Lipinski definition) is 7. The summed E-state index contributed by atoms with van der Waals surface area (Å²) in [5, 5.41) is 16.5. The zero-order valence-electron chi connectivity index (χ0n) is 17.5. The SMILES string of the molecule is CC(C)NC(=O)CNC(=O)COC(=O)c1ccc(N2CCC[C@@H](C)C2)c([N+](=O)[O-])c1. The average Bonchev–Trinajstić information content (AvgIpc) is 2.69. The molecule has 0 unspecified atom stereocenters. The summed E-state index contributed by atoms with van der Waals surface area (Å²) in [6, 6.07) is 4.12. The van der Waals surface area contributed by atoms with E-state index in [9.17, 15) is 24.5 Å². The molecule has 1 aromatic carbocycles. The zero-order chi connectivity index (χ0) is 22.3. The van der Waals surface area contributed by atoms with Crippen LogP contribution in [0.1, 0.15) is 44.0 Å². The number of piperidine rings is 1. The van der Waals surface area contributed by atoms with Crippen LogP contribution in [0.15, 0.2) is 18.2 Å². The summed E-state index contributed by atoms with van der Waals surface area (Å²) in [7, 11) is 0. The van der Waals surface area contributed by atoms with Gasteiger partial charge in [-0.3, -0.25) is 19.7 Å². The largest absolute Gasteiger partial charge is 0.452 e. The molecule has 0 aliphatic carbocycles. The summed E-state index contributed by atoms with van der Waals surface area (Å²) in [5.74, 6) is -1.42. The smallest absolute Gasteiger partial charge is 0.338 e. The molecule has 10 nitrogen and oxygen atoms in total. The summed E-state index contributed by atoms with van der Waals surface area (Å²) < 4.78 is 4.92. The van der Waals surface area contributed by atoms with Crippen molar-refractivity contribution < 1.29 is 24.0 Å². The molecule has 1 aliphatic rings. The third-order valence-corrected chi connectivity index (χ3v) is 4.64. The highest BCUT2D eigenvalue weighted by Gasteiger charge is 2.25. The van der Waals surface area contributed by atoms with E-state index in [1.807, 2.05) is 4.90 Å². The van der Waals surface area contributed by atoms with Gasteiger partial charge >= 0.3 is 5.97 Å². The number of nitrogens with one attached hydrogen (secondary N) is 2. The molecule has 1 saturated heterocycles. The van der Waals surface area contributed by atoms with Crippen molar-refractivity contribution in [3.8, 4) is 0 Å². The predicted molar refractivity (Wildman–Crippen MR) is 110 cm³/mol. The van der Waals surface area contributed by atoms with Gasteiger partial charge < -0.3 is 20.3 Å². The Balaban J connectivity index is 1.97. The van der Waals surface area contributed by atoms with E-state index in [-0.39, 0.29) is 29.7 Å². The fourth-order valence-electron chi connectivity index (χ4n) is 3.29. The first kappa shape index (κ1) is 23.1. The quantitative estimate of drug-likeness (QED) is 0.371. The minimum atomic E-state index is -0.849. The monoisotopic (exact) mass is 420 g/mol. The Labute approximate surface area is 175 Å². The number of nitro groups is 1. The molecule has 0 radical (unpaired) electrons. The molecule has 1 aliphatic heterocycles. The lowest BCUT2D eigenvalue weighted by Crippen LogP contribution is -2.41. The second kappa shape index (κ2) is 10.6. The van der Waals surface area contributed by atoms with E-state index in [1.54, 1.807) is 19.9 Å². The molecule has 164 valence electrons. The van der Waals surface area contributed by atoms with Gasteiger partial charge in [-0.1, -0.05) is 6.92 Å². The molecule has 2 rings (SSSR count). The number of nitrogens with zero attached hydrogens (tertiary/aromatic N) is 2. The van der Waals surface area contributed by atoms with Crippen LogP contribution >= 0.6 is 0 Å². The number of anilines is 1. The second-order valence-corrected chi connectivity index (χ2v) is 7.73. The number of carbonyl (C=O) groups is 3. The van der Waals surface area contributed by atoms with Gasteiger partial charge in [-0.15, -0.1) is 0 Å². The molecule has 1 heterocycles. The Morgan fingerprint density at radius 1 is 1.30 bits per heavy atom. The third-order valence-electron chi connectivity index (χ3n) is 4.64. The molecule has 30 heavy (non-hydrogen) atoms. The first-order valence-electron chi connectivity index (χ1n) is 9.94. The zero-order valence-corrected chi connectivity index (χ0v) is 17.5. The van der Waals surface area contributed by atoms with Crippen molar-refractivity contribution in [2.75, 3.05) is 31.1 Å². The molecule has 1 aromatic rings. The van der Waals surface area contributed by atoms with E-state index in [0.717, 1.165) is 25.9 Å². The van der Waals surface area contributed by atoms with Crippen molar-refractivity contribution in [2.24, 2.45) is 5.92 Å². The Kier molecular flexibility index (Phi) is 8.14. The van der Waals surface area contributed by atoms with Crippen LogP contribution in [0, 0.1) is 16.0 Å². The highest BCUT2D eigenvalue weighted by molar-refractivity contribution is 5.93. The molecule has 10 heteroatoms. The van der Waals surface area contributed by atoms with Crippen molar-refractivity contribution in [1.82, 2.24) is 10.6 Å². The minimum absolute atomic E-state index is 0.0131. The van der Waals surface area contributed by atoms with E-state index in [2.05, 4.69) is 17.6 Å². The van der Waals surface area contributed by atoms with Gasteiger partial charge in [0.2, 0.25) is 5.91 Å². The maximum Gasteiger partial charge on any atom is 0.338 e. The Hall–Kier alpha value is -3.17. The van der Waals surface area contributed by atoms with Crippen LogP contribution in [0.4, 0.5) is 11.4 Å². The lowest BCUT2D eigenvalue weighted by molar-refractivity contribution is -0.384. The van der Waals surface area contributed by atoms with E-state index in [0.29, 0.717) is 11.6 Å². The Bertz CT molecular complexity index is 810. The van der Waals surface area contributed by atoms with Crippen LogP contribution in [0.2, 0.25) is 0 Å². The molecule has 2 amide bonds. The molecular weight excluding hydrogens is 392 g/mol. The topological polar surface area (TPSA) is 131 Å². The molecule has 1 fully saturated rings. The third kappa shape index (κ3) is 6.71. The normalized spacial score (nSPS) is 16.1. The van der Waals surface area contributed by atoms with E-state index < -0.39 is 23.4 Å². The van der Waals surface area contributed by atoms with Gasteiger partial charge in [0.1, 0.15) is 5.69 Å². The maximum absolute atomic E-state index is 12.2. The van der Waals surface area contributed by atoms with Gasteiger partial charge in [-0.05, 0) is 44.7 Å². The van der Waals surface area contributed by atoms with Crippen molar-refractivity contribution in [3.05, 3.63) is 33.9 Å². The lowest BCUT2D eigenvalue weighted by atomic mass is 9.99. The lowest BCUT2D eigenvalue weighted by Gasteiger charge is -2.32. The van der Waals surface area contributed by atoms with Gasteiger partial charge in [-0.25, -0.2) is 4.79 Å². The van der Waals surface area contributed by atoms with Gasteiger partial charge in [0, 0.05) is 25.2 Å². The summed E-state index contributed by atoms with van der Waals surface area (Å²) in [6.45, 7) is 6.29. The molecule has 0 aromatic heterocycles. The number of carbonyl (C=O) groups excluding carboxylic acids is 3. The number of nitro benzene ring substituents is 1. The molecule has 0 bridgehead atoms. The van der Waals surface area contributed by atoms with E-state index in [4.69, 9.17) is 4.74 Å². The van der Waals surface area contributed by atoms with Gasteiger partial charge in [0.15, 0.2) is 6.61 Å². The minimum Gasteiger partial charge on any atom is -0.452 e. The van der Waals surface area contributed by atoms with Crippen molar-refractivity contribution >= 4 is 29.2 Å². The molecule has 1 atom stereocenters. The van der Waals surface area contributed by atoms with Gasteiger partial charge in [-0.2, -0.15) is 0 Å². The Morgan fingerprint density at radius 2 is 2.03 bits per heavy atom. The molecule has 0 spiro atoms. The maximum atomic E-state index is 12.2. The standard InChI is InChI=1S/C20H28N4O6/c1-13(2)22-18(25)10-21-19(26)12-30-20(27)15-6-7-16(17(9-15)24(28)29)23-8-4-5-14(3)11-23/h6-7,9,13-14H,4-5,8,10-12H2,1-3H3,(H,21,26)(H,22,25)/t14-/m1/s1. The number of rotatable bonds is 8. The molecule has 0 saturated carbocycles.